The Morgan fingerprint density at radius 2 is 0.877 bits per heavy atom. The van der Waals surface area contributed by atoms with E-state index in [-0.39, 0.29) is 0 Å². The first-order valence-electron chi connectivity index (χ1n) is 21.9. The van der Waals surface area contributed by atoms with Gasteiger partial charge in [0.2, 0.25) is 0 Å². The first-order chi connectivity index (χ1) is 32.2. The molecule has 13 aromatic rings. The molecule has 0 aliphatic rings. The normalized spacial score (nSPS) is 11.7. The number of hydrogen-bond donors (Lipinski definition) is 0. The molecule has 0 amide bonds. The van der Waals surface area contributed by atoms with Crippen LogP contribution in [0.3, 0.4) is 0 Å². The number of anilines is 6. The number of para-hydroxylation sites is 4. The minimum Gasteiger partial charge on any atom is -0.456 e. The fourth-order valence-electron chi connectivity index (χ4n) is 9.70. The maximum atomic E-state index is 6.96. The van der Waals surface area contributed by atoms with E-state index in [1.807, 2.05) is 29.5 Å². The monoisotopic (exact) mass is 850 g/mol. The van der Waals surface area contributed by atoms with Crippen LogP contribution in [-0.2, 0) is 0 Å². The molecule has 0 fully saturated rings. The average molecular weight is 851 g/mol. The third-order valence-corrected chi connectivity index (χ3v) is 13.8. The fourth-order valence-corrected chi connectivity index (χ4v) is 10.8. The molecule has 0 aliphatic heterocycles. The van der Waals surface area contributed by atoms with Crippen molar-refractivity contribution in [2.45, 2.75) is 0 Å². The summed E-state index contributed by atoms with van der Waals surface area (Å²) in [6, 6.07) is 82.0. The second kappa shape index (κ2) is 15.2. The van der Waals surface area contributed by atoms with Crippen LogP contribution in [-0.4, -0.2) is 0 Å². The summed E-state index contributed by atoms with van der Waals surface area (Å²) in [5.74, 6) is 0. The van der Waals surface area contributed by atoms with Crippen LogP contribution in [0.25, 0.3) is 86.3 Å². The van der Waals surface area contributed by atoms with E-state index in [1.165, 1.54) is 31.3 Å². The van der Waals surface area contributed by atoms with Gasteiger partial charge in [-0.05, 0) is 114 Å². The minimum absolute atomic E-state index is 0.837. The summed E-state index contributed by atoms with van der Waals surface area (Å²) < 4.78 is 15.8. The molecule has 3 heterocycles. The molecule has 0 bridgehead atoms. The van der Waals surface area contributed by atoms with Gasteiger partial charge in [-0.3, -0.25) is 0 Å². The van der Waals surface area contributed by atoms with Gasteiger partial charge in [-0.1, -0.05) is 133 Å². The van der Waals surface area contributed by atoms with Crippen LogP contribution in [0.15, 0.2) is 239 Å². The topological polar surface area (TPSA) is 32.8 Å². The van der Waals surface area contributed by atoms with Gasteiger partial charge in [-0.15, -0.1) is 11.3 Å². The Balaban J connectivity index is 1.01. The van der Waals surface area contributed by atoms with E-state index in [0.717, 1.165) is 89.1 Å². The van der Waals surface area contributed by atoms with Crippen molar-refractivity contribution in [1.82, 2.24) is 0 Å². The highest BCUT2D eigenvalue weighted by molar-refractivity contribution is 7.25. The van der Waals surface area contributed by atoms with Gasteiger partial charge in [0.05, 0.1) is 11.1 Å². The van der Waals surface area contributed by atoms with Crippen molar-refractivity contribution < 1.29 is 8.83 Å². The first kappa shape index (κ1) is 37.2. The SMILES string of the molecule is c1ccc(-c2ccc(N(c3ccc4c(c3)sc3ccc(N(c5ccccc5)c5ccccc5)cc34)c3ccc(-c4cccc5oc6ccccc6c45)c4oc5ccccc5c34)cc2)cc1. The van der Waals surface area contributed by atoms with Gasteiger partial charge in [0.25, 0.3) is 0 Å². The maximum absolute atomic E-state index is 6.96. The molecule has 0 N–H and O–H groups in total. The summed E-state index contributed by atoms with van der Waals surface area (Å²) in [5.41, 5.74) is 14.4. The first-order valence-corrected chi connectivity index (χ1v) is 22.7. The predicted octanol–water partition coefficient (Wildman–Crippen LogP) is 18.1. The van der Waals surface area contributed by atoms with E-state index in [4.69, 9.17) is 8.83 Å². The summed E-state index contributed by atoms with van der Waals surface area (Å²) >= 11 is 1.83. The predicted molar refractivity (Wildman–Crippen MR) is 274 cm³/mol. The molecular weight excluding hydrogens is 813 g/mol. The lowest BCUT2D eigenvalue weighted by molar-refractivity contribution is 0.668. The Morgan fingerprint density at radius 3 is 1.62 bits per heavy atom. The zero-order valence-corrected chi connectivity index (χ0v) is 35.9. The van der Waals surface area contributed by atoms with Crippen molar-refractivity contribution in [3.63, 3.8) is 0 Å². The molecule has 0 atom stereocenters. The number of benzene rings is 10. The van der Waals surface area contributed by atoms with Crippen LogP contribution < -0.4 is 9.80 Å². The second-order valence-electron chi connectivity index (χ2n) is 16.4. The summed E-state index contributed by atoms with van der Waals surface area (Å²) in [6.45, 7) is 0. The summed E-state index contributed by atoms with van der Waals surface area (Å²) in [6.07, 6.45) is 0. The van der Waals surface area contributed by atoms with Crippen LogP contribution in [0.2, 0.25) is 0 Å². The van der Waals surface area contributed by atoms with Gasteiger partial charge < -0.3 is 18.6 Å². The summed E-state index contributed by atoms with van der Waals surface area (Å²) in [4.78, 5) is 4.73. The molecule has 306 valence electrons. The third-order valence-electron chi connectivity index (χ3n) is 12.7. The van der Waals surface area contributed by atoms with E-state index < -0.39 is 0 Å². The maximum Gasteiger partial charge on any atom is 0.145 e. The van der Waals surface area contributed by atoms with Crippen LogP contribution in [0.1, 0.15) is 0 Å². The zero-order valence-electron chi connectivity index (χ0n) is 35.1. The molecule has 3 aromatic heterocycles. The lowest BCUT2D eigenvalue weighted by Crippen LogP contribution is -2.10. The number of fused-ring (bicyclic) bond motifs is 9. The van der Waals surface area contributed by atoms with Gasteiger partial charge in [0.1, 0.15) is 22.3 Å². The van der Waals surface area contributed by atoms with Gasteiger partial charge in [0.15, 0.2) is 0 Å². The van der Waals surface area contributed by atoms with Gasteiger partial charge in [-0.2, -0.15) is 0 Å². The van der Waals surface area contributed by atoms with Crippen molar-refractivity contribution in [1.29, 1.82) is 0 Å². The van der Waals surface area contributed by atoms with E-state index in [9.17, 15) is 0 Å². The minimum atomic E-state index is 0.837. The number of rotatable bonds is 8. The quantitative estimate of drug-likeness (QED) is 0.152. The van der Waals surface area contributed by atoms with Gasteiger partial charge in [-0.25, -0.2) is 0 Å². The Morgan fingerprint density at radius 1 is 0.308 bits per heavy atom. The standard InChI is InChI=1S/C60H38N2O2S/c1-4-15-39(16-5-1)40-27-29-43(30-28-40)62(45-31-33-46-51-37-44(32-36-56(51)65-57(46)38-45)61(41-17-6-2-7-18-41)42-19-8-3-9-20-42)52-35-34-48(60-59(52)50-22-11-13-25-54(50)64-60)47-23-14-26-55-58(47)49-21-10-12-24-53(49)63-55/h1-38H. The molecule has 0 spiro atoms. The highest BCUT2D eigenvalue weighted by Crippen LogP contribution is 2.49. The fraction of sp³-hybridized carbons (Fsp3) is 0. The van der Waals surface area contributed by atoms with E-state index >= 15 is 0 Å². The Bertz CT molecular complexity index is 3850. The van der Waals surface area contributed by atoms with Crippen LogP contribution in [0.5, 0.6) is 0 Å². The molecule has 0 saturated heterocycles. The molecule has 4 nitrogen and oxygen atoms in total. The van der Waals surface area contributed by atoms with Crippen molar-refractivity contribution in [2.24, 2.45) is 0 Å². The largest absolute Gasteiger partial charge is 0.456 e. The second-order valence-corrected chi connectivity index (χ2v) is 17.5. The molecule has 65 heavy (non-hydrogen) atoms. The Kier molecular flexibility index (Phi) is 8.68. The van der Waals surface area contributed by atoms with Crippen LogP contribution in [0.4, 0.5) is 34.1 Å². The third kappa shape index (κ3) is 6.20. The van der Waals surface area contributed by atoms with E-state index in [2.05, 4.69) is 222 Å². The van der Waals surface area contributed by atoms with Gasteiger partial charge in [0, 0.05) is 70.3 Å². The molecule has 0 radical (unpaired) electrons. The van der Waals surface area contributed by atoms with Crippen molar-refractivity contribution in [2.75, 3.05) is 9.80 Å². The van der Waals surface area contributed by atoms with E-state index in [0.29, 0.717) is 0 Å². The average Bonchev–Trinajstić information content (AvgIpc) is 4.07. The van der Waals surface area contributed by atoms with Gasteiger partial charge >= 0.3 is 0 Å². The lowest BCUT2D eigenvalue weighted by atomic mass is 9.96. The summed E-state index contributed by atoms with van der Waals surface area (Å²) in [5, 5.41) is 6.75. The highest BCUT2D eigenvalue weighted by atomic mass is 32.1. The number of nitrogens with zero attached hydrogens (tertiary/aromatic N) is 2. The Hall–Kier alpha value is -8.38. The molecular formula is C60H38N2O2S. The van der Waals surface area contributed by atoms with Crippen molar-refractivity contribution in [3.05, 3.63) is 231 Å². The molecule has 5 heteroatoms. The molecule has 0 aliphatic carbocycles. The smallest absolute Gasteiger partial charge is 0.145 e. The van der Waals surface area contributed by atoms with Crippen molar-refractivity contribution >= 4 is 110 Å². The zero-order chi connectivity index (χ0) is 42.8. The van der Waals surface area contributed by atoms with Crippen LogP contribution >= 0.6 is 11.3 Å². The van der Waals surface area contributed by atoms with Crippen molar-refractivity contribution in [3.8, 4) is 22.3 Å². The van der Waals surface area contributed by atoms with Crippen LogP contribution in [0, 0.1) is 0 Å². The lowest BCUT2D eigenvalue weighted by Gasteiger charge is -2.27. The number of thiophene rings is 1. The molecule has 0 unspecified atom stereocenters. The molecule has 13 rings (SSSR count). The number of hydrogen-bond acceptors (Lipinski definition) is 5. The molecule has 10 aromatic carbocycles. The Labute approximate surface area is 379 Å². The van der Waals surface area contributed by atoms with E-state index in [1.54, 1.807) is 0 Å². The number of furan rings is 2. The highest BCUT2D eigenvalue weighted by Gasteiger charge is 2.25. The molecule has 0 saturated carbocycles. The summed E-state index contributed by atoms with van der Waals surface area (Å²) in [7, 11) is 0.